The van der Waals surface area contributed by atoms with Gasteiger partial charge in [0, 0.05) is 0 Å². The molecular formula is C18F35KO2. The van der Waals surface area contributed by atoms with Crippen LogP contribution in [-0.2, 0) is 4.79 Å². The van der Waals surface area contributed by atoms with Crippen LogP contribution in [0.3, 0.4) is 0 Å². The molecule has 0 unspecified atom stereocenters. The molecule has 0 N–H and O–H groups in total. The van der Waals surface area contributed by atoms with Gasteiger partial charge in [0.2, 0.25) is 0 Å². The number of carboxylic acids is 1. The maximum absolute atomic E-state index is 13.8. The molecule has 0 aliphatic carbocycles. The Balaban J connectivity index is 0. The Morgan fingerprint density at radius 2 is 0.339 bits per heavy atom. The van der Waals surface area contributed by atoms with Crippen molar-refractivity contribution in [2.45, 2.75) is 101 Å². The standard InChI is InChI=1S/C18HF35O2.K/c19-2(20,1(54)55)3(21,22)4(23,24)5(25,26)6(27,28)7(29,30)8(31,32)9(33,34)10(35,36)11(37,38)12(39,40)13(41,42)14(43,44)15(45,46)16(47,48)17(49,50)18(51,52)53;/h(H,54,55);/q;+1/p-1. The molecule has 56 heavy (non-hydrogen) atoms. The third kappa shape index (κ3) is 6.36. The minimum atomic E-state index is -10.4. The van der Waals surface area contributed by atoms with E-state index in [1.54, 1.807) is 0 Å². The van der Waals surface area contributed by atoms with Crippen molar-refractivity contribution < 1.29 is 215 Å². The Morgan fingerprint density at radius 1 is 0.232 bits per heavy atom. The molecule has 38 heteroatoms. The summed E-state index contributed by atoms with van der Waals surface area (Å²) in [4.78, 5) is 9.84. The van der Waals surface area contributed by atoms with Crippen LogP contribution < -0.4 is 56.5 Å². The number of rotatable bonds is 16. The molecule has 0 heterocycles. The molecule has 0 spiro atoms. The monoisotopic (exact) mass is 952 g/mol. The van der Waals surface area contributed by atoms with Gasteiger partial charge < -0.3 is 9.90 Å². The molecule has 0 aromatic carbocycles. The van der Waals surface area contributed by atoms with Gasteiger partial charge in [0.15, 0.2) is 0 Å². The van der Waals surface area contributed by atoms with Gasteiger partial charge in [-0.05, 0) is 0 Å². The fraction of sp³-hybridized carbons (Fsp3) is 0.944. The molecule has 0 rings (SSSR count). The maximum atomic E-state index is 13.8. The van der Waals surface area contributed by atoms with Crippen LogP contribution in [0.4, 0.5) is 154 Å². The minimum absolute atomic E-state index is 0. The van der Waals surface area contributed by atoms with Crippen LogP contribution >= 0.6 is 0 Å². The molecule has 0 aromatic rings. The summed E-state index contributed by atoms with van der Waals surface area (Å²) in [6, 6.07) is 0. The quantitative estimate of drug-likeness (QED) is 0.132. The second kappa shape index (κ2) is 13.8. The molecular weight excluding hydrogens is 952 g/mol. The van der Waals surface area contributed by atoms with E-state index >= 15 is 0 Å². The zero-order valence-electron chi connectivity index (χ0n) is 24.0. The minimum Gasteiger partial charge on any atom is -0.544 e. The summed E-state index contributed by atoms with van der Waals surface area (Å²) in [5.41, 5.74) is 0. The first kappa shape index (κ1) is 56.8. The van der Waals surface area contributed by atoms with E-state index in [-0.39, 0.29) is 51.4 Å². The molecule has 0 atom stereocenters. The summed E-state index contributed by atoms with van der Waals surface area (Å²) in [5, 5.41) is 9.84. The first-order valence-corrected chi connectivity index (χ1v) is 11.3. The second-order valence-corrected chi connectivity index (χ2v) is 9.98. The molecule has 0 aliphatic heterocycles. The number of hydrogen-bond acceptors (Lipinski definition) is 2. The van der Waals surface area contributed by atoms with Gasteiger partial charge in [-0.1, -0.05) is 0 Å². The van der Waals surface area contributed by atoms with Gasteiger partial charge in [-0.25, -0.2) is 0 Å². The van der Waals surface area contributed by atoms with Crippen LogP contribution in [-0.4, -0.2) is 107 Å². The van der Waals surface area contributed by atoms with Crippen LogP contribution in [0, 0.1) is 0 Å². The predicted octanol–water partition coefficient (Wildman–Crippen LogP) is 6.47. The zero-order valence-corrected chi connectivity index (χ0v) is 27.2. The Hall–Kier alpha value is -1.34. The normalized spacial score (nSPS) is 16.8. The van der Waals surface area contributed by atoms with Gasteiger partial charge in [-0.15, -0.1) is 0 Å². The summed E-state index contributed by atoms with van der Waals surface area (Å²) in [7, 11) is 0. The molecule has 0 saturated heterocycles. The number of alkyl halides is 35. The Bertz CT molecular complexity index is 1450. The van der Waals surface area contributed by atoms with E-state index in [4.69, 9.17) is 0 Å². The summed E-state index contributed by atoms with van der Waals surface area (Å²) < 4.78 is 468. The van der Waals surface area contributed by atoms with Gasteiger partial charge in [-0.2, -0.15) is 154 Å². The van der Waals surface area contributed by atoms with Gasteiger partial charge >= 0.3 is 152 Å². The average molecular weight is 952 g/mol. The van der Waals surface area contributed by atoms with Crippen molar-refractivity contribution >= 4 is 5.97 Å². The smallest absolute Gasteiger partial charge is 0.544 e. The fourth-order valence-corrected chi connectivity index (χ4v) is 3.07. The summed E-state index contributed by atoms with van der Waals surface area (Å²) >= 11 is 0. The van der Waals surface area contributed by atoms with Crippen molar-refractivity contribution in [2.75, 3.05) is 0 Å². The molecule has 0 saturated carbocycles. The van der Waals surface area contributed by atoms with Crippen molar-refractivity contribution in [3.8, 4) is 0 Å². The molecule has 330 valence electrons. The van der Waals surface area contributed by atoms with Crippen molar-refractivity contribution in [3.63, 3.8) is 0 Å². The van der Waals surface area contributed by atoms with Crippen LogP contribution in [0.5, 0.6) is 0 Å². The van der Waals surface area contributed by atoms with Gasteiger partial charge in [0.25, 0.3) is 0 Å². The number of carbonyl (C=O) groups is 1. The summed E-state index contributed by atoms with van der Waals surface area (Å²) in [5.74, 6) is -162. The third-order valence-electron chi connectivity index (χ3n) is 6.53. The summed E-state index contributed by atoms with van der Waals surface area (Å²) in [6.45, 7) is 0. The maximum Gasteiger partial charge on any atom is 1.00 e. The Morgan fingerprint density at radius 3 is 0.446 bits per heavy atom. The number of carboxylic acid groups (broad SMARTS) is 1. The first-order chi connectivity index (χ1) is 22.9. The number of hydrogen-bond donors (Lipinski definition) is 0. The van der Waals surface area contributed by atoms with E-state index in [0.717, 1.165) is 0 Å². The Kier molecular flexibility index (Phi) is 14.0. The number of aliphatic carboxylic acids is 1. The van der Waals surface area contributed by atoms with E-state index in [9.17, 15) is 164 Å². The van der Waals surface area contributed by atoms with E-state index in [1.165, 1.54) is 0 Å². The van der Waals surface area contributed by atoms with Crippen LogP contribution in [0.1, 0.15) is 0 Å². The molecule has 0 fully saturated rings. The second-order valence-electron chi connectivity index (χ2n) is 9.98. The SMILES string of the molecule is O=C([O-])C(F)(F)C(F)(F)C(F)(F)C(F)(F)C(F)(F)C(F)(F)C(F)(F)C(F)(F)C(F)(F)C(F)(F)C(F)(F)C(F)(F)C(F)(F)C(F)(F)C(F)(F)C(F)(F)C(F)(F)F.[K+]. The molecule has 0 aromatic heterocycles. The van der Waals surface area contributed by atoms with E-state index < -0.39 is 107 Å². The molecule has 0 aliphatic rings. The van der Waals surface area contributed by atoms with E-state index in [0.29, 0.717) is 0 Å². The molecule has 0 amide bonds. The fourth-order valence-electron chi connectivity index (χ4n) is 3.07. The van der Waals surface area contributed by atoms with E-state index in [1.807, 2.05) is 0 Å². The number of carbonyl (C=O) groups excluding carboxylic acids is 1. The van der Waals surface area contributed by atoms with Crippen molar-refractivity contribution in [1.29, 1.82) is 0 Å². The van der Waals surface area contributed by atoms with Gasteiger partial charge in [0.1, 0.15) is 5.97 Å². The van der Waals surface area contributed by atoms with Crippen LogP contribution in [0.15, 0.2) is 0 Å². The molecule has 0 radical (unpaired) electrons. The largest absolute Gasteiger partial charge is 1.00 e. The summed E-state index contributed by atoms with van der Waals surface area (Å²) in [6.07, 6.45) is -8.45. The average Bonchev–Trinajstić information content (AvgIpc) is 2.94. The third-order valence-corrected chi connectivity index (χ3v) is 6.53. The number of halogens is 35. The zero-order chi connectivity index (χ0) is 46.1. The topological polar surface area (TPSA) is 40.1 Å². The van der Waals surface area contributed by atoms with Crippen LogP contribution in [0.2, 0.25) is 0 Å². The van der Waals surface area contributed by atoms with Crippen molar-refractivity contribution in [1.82, 2.24) is 0 Å². The van der Waals surface area contributed by atoms with Gasteiger partial charge in [0.05, 0.1) is 0 Å². The molecule has 2 nitrogen and oxygen atoms in total. The van der Waals surface area contributed by atoms with Crippen molar-refractivity contribution in [3.05, 3.63) is 0 Å². The Labute approximate surface area is 321 Å². The van der Waals surface area contributed by atoms with E-state index in [2.05, 4.69) is 0 Å². The first-order valence-electron chi connectivity index (χ1n) is 11.3. The predicted molar refractivity (Wildman–Crippen MR) is 90.2 cm³/mol. The van der Waals surface area contributed by atoms with Gasteiger partial charge in [-0.3, -0.25) is 0 Å². The molecule has 0 bridgehead atoms. The van der Waals surface area contributed by atoms with Crippen molar-refractivity contribution in [2.24, 2.45) is 0 Å². The van der Waals surface area contributed by atoms with Crippen LogP contribution in [0.25, 0.3) is 0 Å².